The minimum Gasteiger partial charge on any atom is -0.444 e. The van der Waals surface area contributed by atoms with E-state index in [1.54, 1.807) is 0 Å². The average Bonchev–Trinajstić information content (AvgIpc) is 2.80. The Balaban J connectivity index is 1.62. The first-order valence-electron chi connectivity index (χ1n) is 9.21. The molecule has 136 valence electrons. The van der Waals surface area contributed by atoms with E-state index in [0.29, 0.717) is 19.3 Å². The van der Waals surface area contributed by atoms with Crippen molar-refractivity contribution < 1.29 is 14.6 Å². The Morgan fingerprint density at radius 2 is 1.84 bits per heavy atom. The normalized spacial score (nSPS) is 29.2. The second-order valence-electron chi connectivity index (χ2n) is 8.42. The summed E-state index contributed by atoms with van der Waals surface area (Å²) in [4.78, 5) is 14.4. The Kier molecular flexibility index (Phi) is 4.92. The lowest BCUT2D eigenvalue weighted by atomic mass is 9.83. The van der Waals surface area contributed by atoms with Gasteiger partial charge in [-0.15, -0.1) is 0 Å². The van der Waals surface area contributed by atoms with Crippen molar-refractivity contribution in [1.29, 1.82) is 0 Å². The second-order valence-corrected chi connectivity index (χ2v) is 8.42. The van der Waals surface area contributed by atoms with E-state index >= 15 is 0 Å². The molecule has 1 aromatic carbocycles. The van der Waals surface area contributed by atoms with Gasteiger partial charge in [0.25, 0.3) is 0 Å². The number of benzene rings is 1. The van der Waals surface area contributed by atoms with Gasteiger partial charge in [-0.1, -0.05) is 42.5 Å². The molecule has 1 aromatic rings. The highest BCUT2D eigenvalue weighted by Gasteiger charge is 2.49. The maximum absolute atomic E-state index is 12.5. The van der Waals surface area contributed by atoms with Crippen molar-refractivity contribution in [3.8, 4) is 0 Å². The summed E-state index contributed by atoms with van der Waals surface area (Å²) in [7, 11) is 0. The molecule has 4 nitrogen and oxygen atoms in total. The predicted molar refractivity (Wildman–Crippen MR) is 99.2 cm³/mol. The monoisotopic (exact) mass is 343 g/mol. The van der Waals surface area contributed by atoms with Gasteiger partial charge < -0.3 is 14.7 Å². The molecule has 3 rings (SSSR count). The number of amides is 1. The zero-order valence-electron chi connectivity index (χ0n) is 15.4. The number of piperidine rings is 1. The molecule has 0 saturated carbocycles. The van der Waals surface area contributed by atoms with Crippen LogP contribution in [0.15, 0.2) is 36.4 Å². The van der Waals surface area contributed by atoms with Crippen molar-refractivity contribution in [3.63, 3.8) is 0 Å². The molecule has 2 unspecified atom stereocenters. The van der Waals surface area contributed by atoms with Crippen molar-refractivity contribution in [1.82, 2.24) is 4.90 Å². The standard InChI is InChI=1S/C21H29NO3/c1-20(2,3)25-19(23)22-17-11-12-18(22)15-21(24,14-17)13-7-10-16-8-5-4-6-9-16/h4-10,17-18,24H,11-15H2,1-3H3/b10-7+. The van der Waals surface area contributed by atoms with Gasteiger partial charge in [-0.05, 0) is 58.4 Å². The van der Waals surface area contributed by atoms with Crippen molar-refractivity contribution >= 4 is 12.2 Å². The van der Waals surface area contributed by atoms with E-state index in [-0.39, 0.29) is 18.2 Å². The average molecular weight is 343 g/mol. The van der Waals surface area contributed by atoms with Gasteiger partial charge in [0.2, 0.25) is 0 Å². The van der Waals surface area contributed by atoms with Crippen molar-refractivity contribution in [3.05, 3.63) is 42.0 Å². The summed E-state index contributed by atoms with van der Waals surface area (Å²) in [5, 5.41) is 11.0. The molecular weight excluding hydrogens is 314 g/mol. The van der Waals surface area contributed by atoms with Gasteiger partial charge in [-0.25, -0.2) is 4.79 Å². The first-order valence-corrected chi connectivity index (χ1v) is 9.21. The minimum atomic E-state index is -0.727. The van der Waals surface area contributed by atoms with Crippen LogP contribution >= 0.6 is 0 Å². The molecule has 2 aliphatic heterocycles. The smallest absolute Gasteiger partial charge is 0.410 e. The molecule has 2 atom stereocenters. The maximum atomic E-state index is 12.5. The Hall–Kier alpha value is -1.81. The fourth-order valence-electron chi connectivity index (χ4n) is 4.08. The zero-order valence-corrected chi connectivity index (χ0v) is 15.4. The summed E-state index contributed by atoms with van der Waals surface area (Å²) in [6.45, 7) is 5.67. The van der Waals surface area contributed by atoms with Crippen molar-refractivity contribution in [2.75, 3.05) is 0 Å². The van der Waals surface area contributed by atoms with Gasteiger partial charge in [-0.3, -0.25) is 0 Å². The van der Waals surface area contributed by atoms with Gasteiger partial charge in [0.1, 0.15) is 5.60 Å². The molecule has 2 saturated heterocycles. The number of fused-ring (bicyclic) bond motifs is 2. The summed E-state index contributed by atoms with van der Waals surface area (Å²) in [6.07, 6.45) is 7.66. The number of nitrogens with zero attached hydrogens (tertiary/aromatic N) is 1. The summed E-state index contributed by atoms with van der Waals surface area (Å²) in [5.74, 6) is 0. The van der Waals surface area contributed by atoms with Gasteiger partial charge >= 0.3 is 6.09 Å². The lowest BCUT2D eigenvalue weighted by molar-refractivity contribution is -0.0565. The molecule has 1 N–H and O–H groups in total. The Labute approximate surface area is 150 Å². The van der Waals surface area contributed by atoms with Crippen LogP contribution in [-0.4, -0.2) is 39.4 Å². The van der Waals surface area contributed by atoms with E-state index in [0.717, 1.165) is 18.4 Å². The highest BCUT2D eigenvalue weighted by molar-refractivity contribution is 5.69. The van der Waals surface area contributed by atoms with Gasteiger partial charge in [-0.2, -0.15) is 0 Å². The second kappa shape index (κ2) is 6.83. The van der Waals surface area contributed by atoms with Crippen molar-refractivity contribution in [2.24, 2.45) is 0 Å². The lowest BCUT2D eigenvalue weighted by Crippen LogP contribution is -2.54. The third kappa shape index (κ3) is 4.43. The van der Waals surface area contributed by atoms with E-state index in [2.05, 4.69) is 24.3 Å². The number of ether oxygens (including phenoxy) is 1. The molecule has 4 heteroatoms. The van der Waals surface area contributed by atoms with Crippen LogP contribution < -0.4 is 0 Å². The number of carbonyl (C=O) groups excluding carboxylic acids is 1. The fourth-order valence-corrected chi connectivity index (χ4v) is 4.08. The SMILES string of the molecule is CC(C)(C)OC(=O)N1C2CCC1CC(O)(C/C=C/c1ccccc1)C2. The third-order valence-corrected chi connectivity index (χ3v) is 5.06. The van der Waals surface area contributed by atoms with Crippen LogP contribution in [0.2, 0.25) is 0 Å². The molecule has 0 spiro atoms. The van der Waals surface area contributed by atoms with Crippen LogP contribution in [0.4, 0.5) is 4.79 Å². The third-order valence-electron chi connectivity index (χ3n) is 5.06. The van der Waals surface area contributed by atoms with Crippen LogP contribution in [0, 0.1) is 0 Å². The fraction of sp³-hybridized carbons (Fsp3) is 0.571. The van der Waals surface area contributed by atoms with Crippen molar-refractivity contribution in [2.45, 2.75) is 76.2 Å². The first-order chi connectivity index (χ1) is 11.8. The van der Waals surface area contributed by atoms with E-state index < -0.39 is 11.2 Å². The Bertz CT molecular complexity index is 618. The van der Waals surface area contributed by atoms with Crippen LogP contribution in [0.3, 0.4) is 0 Å². The number of hydrogen-bond donors (Lipinski definition) is 1. The van der Waals surface area contributed by atoms with Gasteiger partial charge in [0.15, 0.2) is 0 Å². The number of rotatable bonds is 3. The van der Waals surface area contributed by atoms with Crippen LogP contribution in [0.1, 0.15) is 58.4 Å². The molecule has 0 radical (unpaired) electrons. The molecule has 2 bridgehead atoms. The first kappa shape index (κ1) is 18.0. The summed E-state index contributed by atoms with van der Waals surface area (Å²) in [5.41, 5.74) is -0.0709. The van der Waals surface area contributed by atoms with E-state index in [4.69, 9.17) is 4.74 Å². The molecule has 1 amide bonds. The van der Waals surface area contributed by atoms with Crippen LogP contribution in [0.25, 0.3) is 6.08 Å². The predicted octanol–water partition coefficient (Wildman–Crippen LogP) is 4.38. The zero-order chi connectivity index (χ0) is 18.1. The molecule has 2 fully saturated rings. The van der Waals surface area contributed by atoms with Crippen LogP contribution in [0.5, 0.6) is 0 Å². The quantitative estimate of drug-likeness (QED) is 0.886. The molecule has 0 aliphatic carbocycles. The highest BCUT2D eigenvalue weighted by atomic mass is 16.6. The molecule has 2 aliphatic rings. The minimum absolute atomic E-state index is 0.0868. The van der Waals surface area contributed by atoms with Gasteiger partial charge in [0, 0.05) is 12.1 Å². The summed E-state index contributed by atoms with van der Waals surface area (Å²) >= 11 is 0. The summed E-state index contributed by atoms with van der Waals surface area (Å²) in [6, 6.07) is 10.3. The highest BCUT2D eigenvalue weighted by Crippen LogP contribution is 2.43. The topological polar surface area (TPSA) is 49.8 Å². The van der Waals surface area contributed by atoms with Gasteiger partial charge in [0.05, 0.1) is 5.60 Å². The largest absolute Gasteiger partial charge is 0.444 e. The number of hydrogen-bond acceptors (Lipinski definition) is 3. The number of carbonyl (C=O) groups is 1. The lowest BCUT2D eigenvalue weighted by Gasteiger charge is -2.43. The number of aliphatic hydroxyl groups is 1. The Morgan fingerprint density at radius 3 is 2.40 bits per heavy atom. The Morgan fingerprint density at radius 1 is 1.24 bits per heavy atom. The molecule has 0 aromatic heterocycles. The van der Waals surface area contributed by atoms with E-state index in [1.165, 1.54) is 0 Å². The molecule has 2 heterocycles. The van der Waals surface area contributed by atoms with E-state index in [9.17, 15) is 9.90 Å². The van der Waals surface area contributed by atoms with E-state index in [1.807, 2.05) is 43.9 Å². The molecule has 25 heavy (non-hydrogen) atoms. The van der Waals surface area contributed by atoms with Crippen LogP contribution in [-0.2, 0) is 4.74 Å². The maximum Gasteiger partial charge on any atom is 0.410 e. The summed E-state index contributed by atoms with van der Waals surface area (Å²) < 4.78 is 5.56. The molecular formula is C21H29NO3.